The Balaban J connectivity index is 2.04. The highest BCUT2D eigenvalue weighted by molar-refractivity contribution is 5.24. The molecule has 2 heteroatoms. The van der Waals surface area contributed by atoms with Crippen molar-refractivity contribution in [2.24, 2.45) is 11.3 Å². The van der Waals surface area contributed by atoms with Crippen LogP contribution in [0.25, 0.3) is 0 Å². The van der Waals surface area contributed by atoms with Gasteiger partial charge in [0, 0.05) is 12.2 Å². The zero-order chi connectivity index (χ0) is 11.6. The number of fused-ring (bicyclic) bond motifs is 2. The van der Waals surface area contributed by atoms with E-state index in [-0.39, 0.29) is 17.1 Å². The van der Waals surface area contributed by atoms with E-state index in [0.717, 1.165) is 25.8 Å². The Morgan fingerprint density at radius 2 is 2.19 bits per heavy atom. The zero-order valence-corrected chi connectivity index (χ0v) is 10.5. The number of likely N-dealkylation sites (tertiary alicyclic amines) is 1. The summed E-state index contributed by atoms with van der Waals surface area (Å²) in [6, 6.07) is 0. The van der Waals surface area contributed by atoms with Crippen LogP contribution < -0.4 is 0 Å². The van der Waals surface area contributed by atoms with E-state index >= 15 is 0 Å². The molecule has 3 unspecified atom stereocenters. The summed E-state index contributed by atoms with van der Waals surface area (Å²) in [5.74, 6) is 0.705. The first-order chi connectivity index (χ1) is 7.50. The third kappa shape index (κ3) is 0.976. The first-order valence-corrected chi connectivity index (χ1v) is 6.63. The summed E-state index contributed by atoms with van der Waals surface area (Å²) in [7, 11) is 0. The van der Waals surface area contributed by atoms with Crippen molar-refractivity contribution >= 4 is 0 Å². The molecular formula is C14H23NO. The van der Waals surface area contributed by atoms with Crippen LogP contribution in [0.2, 0.25) is 0 Å². The Bertz CT molecular complexity index is 336. The van der Waals surface area contributed by atoms with Gasteiger partial charge >= 0.3 is 0 Å². The third-order valence-electron chi connectivity index (χ3n) is 5.78. The highest BCUT2D eigenvalue weighted by Crippen LogP contribution is 2.64. The van der Waals surface area contributed by atoms with Crippen molar-refractivity contribution in [2.75, 3.05) is 6.54 Å². The molecule has 3 fully saturated rings. The molecule has 90 valence electrons. The molecule has 0 spiro atoms. The summed E-state index contributed by atoms with van der Waals surface area (Å²) in [6.07, 6.45) is 5.63. The van der Waals surface area contributed by atoms with E-state index in [1.165, 1.54) is 18.5 Å². The first-order valence-electron chi connectivity index (χ1n) is 6.63. The van der Waals surface area contributed by atoms with Crippen molar-refractivity contribution in [3.63, 3.8) is 0 Å². The molecule has 3 aliphatic rings. The van der Waals surface area contributed by atoms with Crippen LogP contribution in [0.4, 0.5) is 0 Å². The van der Waals surface area contributed by atoms with Gasteiger partial charge in [-0.15, -0.1) is 0 Å². The molecule has 0 aromatic rings. The maximum atomic E-state index is 10.5. The minimum absolute atomic E-state index is 0.00521. The van der Waals surface area contributed by atoms with Crippen LogP contribution in [0.5, 0.6) is 0 Å². The molecule has 0 radical (unpaired) electrons. The molecule has 1 N–H and O–H groups in total. The number of allylic oxidation sites excluding steroid dienone is 1. The van der Waals surface area contributed by atoms with Crippen LogP contribution in [-0.2, 0) is 0 Å². The second-order valence-corrected chi connectivity index (χ2v) is 6.45. The van der Waals surface area contributed by atoms with E-state index in [1.54, 1.807) is 0 Å². The van der Waals surface area contributed by atoms with E-state index in [4.69, 9.17) is 0 Å². The van der Waals surface area contributed by atoms with Gasteiger partial charge in [-0.3, -0.25) is 0 Å². The molecule has 0 amide bonds. The van der Waals surface area contributed by atoms with Crippen molar-refractivity contribution in [1.29, 1.82) is 0 Å². The molecule has 1 aliphatic heterocycles. The number of nitrogens with zero attached hydrogens (tertiary/aromatic N) is 1. The number of rotatable bonds is 1. The largest absolute Gasteiger partial charge is 0.391 e. The minimum Gasteiger partial charge on any atom is -0.391 e. The van der Waals surface area contributed by atoms with Gasteiger partial charge in [0.1, 0.15) is 0 Å². The van der Waals surface area contributed by atoms with Crippen LogP contribution in [0.3, 0.4) is 0 Å². The summed E-state index contributed by atoms with van der Waals surface area (Å²) in [6.45, 7) is 10.0. The molecule has 16 heavy (non-hydrogen) atoms. The van der Waals surface area contributed by atoms with Gasteiger partial charge in [0.15, 0.2) is 0 Å². The number of hydrogen-bond donors (Lipinski definition) is 1. The average molecular weight is 221 g/mol. The normalized spacial score (nSPS) is 45.7. The Morgan fingerprint density at radius 1 is 1.44 bits per heavy atom. The lowest BCUT2D eigenvalue weighted by atomic mass is 9.74. The highest BCUT2D eigenvalue weighted by Gasteiger charge is 2.66. The smallest absolute Gasteiger partial charge is 0.0780 e. The third-order valence-corrected chi connectivity index (χ3v) is 5.78. The first kappa shape index (κ1) is 10.6. The van der Waals surface area contributed by atoms with Gasteiger partial charge < -0.3 is 10.0 Å². The van der Waals surface area contributed by atoms with E-state index in [2.05, 4.69) is 25.3 Å². The number of hydrogen-bond acceptors (Lipinski definition) is 2. The molecule has 2 saturated carbocycles. The van der Waals surface area contributed by atoms with Crippen molar-refractivity contribution in [3.05, 3.63) is 12.3 Å². The van der Waals surface area contributed by atoms with Crippen LogP contribution >= 0.6 is 0 Å². The molecule has 1 heterocycles. The van der Waals surface area contributed by atoms with E-state index in [9.17, 15) is 5.11 Å². The van der Waals surface area contributed by atoms with Crippen LogP contribution in [-0.4, -0.2) is 28.2 Å². The Kier molecular flexibility index (Phi) is 2.02. The van der Waals surface area contributed by atoms with E-state index in [1.807, 2.05) is 0 Å². The summed E-state index contributed by atoms with van der Waals surface area (Å²) in [5, 5.41) is 10.5. The van der Waals surface area contributed by atoms with Gasteiger partial charge in [-0.05, 0) is 43.4 Å². The molecule has 2 bridgehead atoms. The topological polar surface area (TPSA) is 23.5 Å². The van der Waals surface area contributed by atoms with Crippen molar-refractivity contribution in [2.45, 2.75) is 57.6 Å². The molecule has 0 aromatic heterocycles. The van der Waals surface area contributed by atoms with Gasteiger partial charge in [0.2, 0.25) is 0 Å². The molecule has 2 nitrogen and oxygen atoms in total. The van der Waals surface area contributed by atoms with Gasteiger partial charge in [-0.25, -0.2) is 0 Å². The fourth-order valence-electron chi connectivity index (χ4n) is 4.78. The number of aliphatic hydroxyl groups is 1. The summed E-state index contributed by atoms with van der Waals surface area (Å²) in [4.78, 5) is 2.46. The van der Waals surface area contributed by atoms with Gasteiger partial charge in [0.05, 0.1) is 11.6 Å². The molecule has 0 aromatic carbocycles. The van der Waals surface area contributed by atoms with Crippen LogP contribution in [0.15, 0.2) is 12.3 Å². The quantitative estimate of drug-likeness (QED) is 0.735. The van der Waals surface area contributed by atoms with Gasteiger partial charge in [0.25, 0.3) is 0 Å². The lowest BCUT2D eigenvalue weighted by molar-refractivity contribution is -0.0335. The average Bonchev–Trinajstić information content (AvgIpc) is 2.78. The second kappa shape index (κ2) is 3.04. The molecular weight excluding hydrogens is 198 g/mol. The Hall–Kier alpha value is -0.500. The molecule has 3 rings (SSSR count). The monoisotopic (exact) mass is 221 g/mol. The Labute approximate surface area is 98.3 Å². The SMILES string of the molecule is C=C1CCCN1C12CCC(CC1O)C2(C)C. The zero-order valence-electron chi connectivity index (χ0n) is 10.5. The maximum absolute atomic E-state index is 10.5. The van der Waals surface area contributed by atoms with E-state index < -0.39 is 0 Å². The Morgan fingerprint density at radius 3 is 2.62 bits per heavy atom. The van der Waals surface area contributed by atoms with Crippen LogP contribution in [0, 0.1) is 11.3 Å². The van der Waals surface area contributed by atoms with Crippen molar-refractivity contribution in [1.82, 2.24) is 4.90 Å². The predicted molar refractivity (Wildman–Crippen MR) is 64.9 cm³/mol. The summed E-state index contributed by atoms with van der Waals surface area (Å²) >= 11 is 0. The van der Waals surface area contributed by atoms with Gasteiger partial charge in [-0.2, -0.15) is 0 Å². The lowest BCUT2D eigenvalue weighted by Crippen LogP contribution is -2.57. The molecule has 2 aliphatic carbocycles. The van der Waals surface area contributed by atoms with Crippen molar-refractivity contribution in [3.8, 4) is 0 Å². The van der Waals surface area contributed by atoms with Crippen LogP contribution in [0.1, 0.15) is 46.0 Å². The van der Waals surface area contributed by atoms with Gasteiger partial charge in [-0.1, -0.05) is 20.4 Å². The fraction of sp³-hybridized carbons (Fsp3) is 0.857. The fourth-order valence-corrected chi connectivity index (χ4v) is 4.78. The standard InChI is InChI=1S/C14H23NO/c1-10-5-4-8-15(10)14-7-6-11(9-12(14)16)13(14,2)3/h11-12,16H,1,4-9H2,2-3H3. The summed E-state index contributed by atoms with van der Waals surface area (Å²) < 4.78 is 0. The predicted octanol–water partition coefficient (Wildman–Crippen LogP) is 2.54. The van der Waals surface area contributed by atoms with E-state index in [0.29, 0.717) is 5.92 Å². The second-order valence-electron chi connectivity index (χ2n) is 6.45. The highest BCUT2D eigenvalue weighted by atomic mass is 16.3. The lowest BCUT2D eigenvalue weighted by Gasteiger charge is -2.49. The number of aliphatic hydroxyl groups excluding tert-OH is 1. The van der Waals surface area contributed by atoms with Crippen molar-refractivity contribution < 1.29 is 5.11 Å². The maximum Gasteiger partial charge on any atom is 0.0780 e. The minimum atomic E-state index is -0.143. The summed E-state index contributed by atoms with van der Waals surface area (Å²) in [5.41, 5.74) is 1.51. The molecule has 3 atom stereocenters. The molecule has 1 saturated heterocycles.